The average Bonchev–Trinajstić information content (AvgIpc) is 3.57. The second-order valence-electron chi connectivity index (χ2n) is 10.5. The highest BCUT2D eigenvalue weighted by Gasteiger charge is 2.40. The van der Waals surface area contributed by atoms with Crippen molar-refractivity contribution in [3.05, 3.63) is 65.2 Å². The molecule has 5 rings (SSSR count). The molecule has 37 heavy (non-hydrogen) atoms. The number of nitrogens with zero attached hydrogens (tertiary/aromatic N) is 5. The van der Waals surface area contributed by atoms with E-state index in [4.69, 9.17) is 5.73 Å². The molecule has 0 saturated heterocycles. The molecule has 2 unspecified atom stereocenters. The molecule has 3 aromatic heterocycles. The van der Waals surface area contributed by atoms with Crippen LogP contribution in [0.5, 0.6) is 0 Å². The Morgan fingerprint density at radius 3 is 2.65 bits per heavy atom. The van der Waals surface area contributed by atoms with Crippen molar-refractivity contribution in [2.45, 2.75) is 39.1 Å². The monoisotopic (exact) mass is 517 g/mol. The summed E-state index contributed by atoms with van der Waals surface area (Å²) in [6, 6.07) is 7.88. The van der Waals surface area contributed by atoms with Gasteiger partial charge in [0, 0.05) is 36.0 Å². The van der Waals surface area contributed by atoms with Crippen LogP contribution in [0.4, 0.5) is 0 Å². The molecular weight excluding hydrogens is 486 g/mol. The molecule has 192 valence electrons. The Morgan fingerprint density at radius 1 is 1.24 bits per heavy atom. The summed E-state index contributed by atoms with van der Waals surface area (Å²) in [6.45, 7) is 8.30. The van der Waals surface area contributed by atoms with Crippen LogP contribution in [0.1, 0.15) is 37.9 Å². The molecule has 1 amide bonds. The van der Waals surface area contributed by atoms with E-state index in [1.807, 2.05) is 44.6 Å². The number of carbonyl (C=O) groups excluding carboxylic acids is 1. The van der Waals surface area contributed by atoms with Gasteiger partial charge in [-0.3, -0.25) is 9.48 Å². The Morgan fingerprint density at radius 2 is 2.03 bits per heavy atom. The third-order valence-electron chi connectivity index (χ3n) is 6.64. The predicted molar refractivity (Wildman–Crippen MR) is 146 cm³/mol. The van der Waals surface area contributed by atoms with E-state index in [1.54, 1.807) is 17.2 Å². The van der Waals surface area contributed by atoms with Gasteiger partial charge in [0.25, 0.3) is 5.91 Å². The minimum Gasteiger partial charge on any atom is -0.394 e. The van der Waals surface area contributed by atoms with Crippen molar-refractivity contribution in [3.8, 4) is 22.5 Å². The van der Waals surface area contributed by atoms with Crippen LogP contribution >= 0.6 is 11.8 Å². The first kappa shape index (κ1) is 25.0. The van der Waals surface area contributed by atoms with Gasteiger partial charge >= 0.3 is 0 Å². The van der Waals surface area contributed by atoms with Crippen LogP contribution < -0.4 is 5.73 Å². The number of nitrogens with one attached hydrogen (secondary N) is 1. The number of carbonyl (C=O) groups is 1. The van der Waals surface area contributed by atoms with E-state index in [0.29, 0.717) is 4.91 Å². The van der Waals surface area contributed by atoms with Crippen molar-refractivity contribution in [2.24, 2.45) is 18.2 Å². The molecule has 0 fully saturated rings. The summed E-state index contributed by atoms with van der Waals surface area (Å²) in [5.74, 6) is -0.449. The van der Waals surface area contributed by atoms with Gasteiger partial charge in [-0.15, -0.1) is 0 Å². The number of aromatic amines is 1. The topological polar surface area (TPSA) is 126 Å². The average molecular weight is 518 g/mol. The summed E-state index contributed by atoms with van der Waals surface area (Å²) in [5, 5.41) is 15.6. The van der Waals surface area contributed by atoms with E-state index < -0.39 is 5.91 Å². The lowest BCUT2D eigenvalue weighted by molar-refractivity contribution is -0.113. The van der Waals surface area contributed by atoms with Crippen LogP contribution in [-0.2, 0) is 11.8 Å². The number of nitrogens with two attached hydrogens (primary N) is 1. The van der Waals surface area contributed by atoms with E-state index >= 15 is 0 Å². The maximum Gasteiger partial charge on any atom is 0.256 e. The summed E-state index contributed by atoms with van der Waals surface area (Å²) >= 11 is 1.46. The fourth-order valence-electron chi connectivity index (χ4n) is 4.85. The maximum absolute atomic E-state index is 12.0. The highest BCUT2D eigenvalue weighted by atomic mass is 32.2. The molecule has 0 saturated carbocycles. The van der Waals surface area contributed by atoms with Crippen LogP contribution in [0.25, 0.3) is 33.5 Å². The number of rotatable bonds is 6. The Bertz CT molecular complexity index is 1510. The molecule has 0 spiro atoms. The second-order valence-corrected chi connectivity index (χ2v) is 11.6. The minimum absolute atomic E-state index is 0.0431. The van der Waals surface area contributed by atoms with Crippen LogP contribution in [0.3, 0.4) is 0 Å². The SMILES string of the molecule is Cc1cc(-c2ncnc3[nH]c(-c4cnn(C)c4)cc23)ccc1C(CO)N1C=C(C(N)=O)SC1C(C)(C)C. The first-order chi connectivity index (χ1) is 17.6. The Hall–Kier alpha value is -3.63. The molecule has 0 aliphatic carbocycles. The molecule has 0 radical (unpaired) electrons. The van der Waals surface area contributed by atoms with Crippen molar-refractivity contribution < 1.29 is 9.90 Å². The van der Waals surface area contributed by atoms with Gasteiger partial charge in [0.15, 0.2) is 0 Å². The Kier molecular flexibility index (Phi) is 6.33. The molecule has 4 heterocycles. The normalized spacial score (nSPS) is 16.9. The zero-order valence-electron chi connectivity index (χ0n) is 21.6. The predicted octanol–water partition coefficient (Wildman–Crippen LogP) is 4.11. The number of hydrogen-bond donors (Lipinski definition) is 3. The summed E-state index contributed by atoms with van der Waals surface area (Å²) < 4.78 is 1.76. The van der Waals surface area contributed by atoms with E-state index in [0.717, 1.165) is 44.7 Å². The fourth-order valence-corrected chi connectivity index (χ4v) is 6.07. The minimum atomic E-state index is -0.449. The second kappa shape index (κ2) is 9.35. The third kappa shape index (κ3) is 4.62. The van der Waals surface area contributed by atoms with Gasteiger partial charge in [-0.05, 0) is 35.6 Å². The number of fused-ring (bicyclic) bond motifs is 1. The molecule has 9 nitrogen and oxygen atoms in total. The molecule has 2 atom stereocenters. The van der Waals surface area contributed by atoms with Gasteiger partial charge in [-0.1, -0.05) is 44.7 Å². The number of thioether (sulfide) groups is 1. The number of aliphatic hydroxyl groups excluding tert-OH is 1. The van der Waals surface area contributed by atoms with Gasteiger partial charge in [-0.25, -0.2) is 9.97 Å². The summed E-state index contributed by atoms with van der Waals surface area (Å²) in [5.41, 5.74) is 11.9. The summed E-state index contributed by atoms with van der Waals surface area (Å²) in [7, 11) is 1.89. The van der Waals surface area contributed by atoms with Crippen molar-refractivity contribution in [1.29, 1.82) is 0 Å². The van der Waals surface area contributed by atoms with E-state index in [1.165, 1.54) is 11.8 Å². The zero-order chi connectivity index (χ0) is 26.5. The molecule has 1 aliphatic rings. The molecule has 4 N–H and O–H groups in total. The van der Waals surface area contributed by atoms with E-state index in [9.17, 15) is 9.90 Å². The van der Waals surface area contributed by atoms with Gasteiger partial charge in [-0.2, -0.15) is 5.10 Å². The number of benzene rings is 1. The number of amides is 1. The third-order valence-corrected chi connectivity index (χ3v) is 8.37. The molecule has 1 aliphatic heterocycles. The van der Waals surface area contributed by atoms with Gasteiger partial charge in [0.1, 0.15) is 12.0 Å². The van der Waals surface area contributed by atoms with Crippen molar-refractivity contribution in [2.75, 3.05) is 6.61 Å². The Labute approximate surface area is 219 Å². The van der Waals surface area contributed by atoms with Gasteiger partial charge in [0.05, 0.1) is 40.5 Å². The summed E-state index contributed by atoms with van der Waals surface area (Å²) in [4.78, 5) is 26.9. The number of H-pyrrole nitrogens is 1. The van der Waals surface area contributed by atoms with E-state index in [-0.39, 0.29) is 23.4 Å². The fraction of sp³-hybridized carbons (Fsp3) is 0.333. The summed E-state index contributed by atoms with van der Waals surface area (Å²) in [6.07, 6.45) is 7.12. The zero-order valence-corrected chi connectivity index (χ0v) is 22.4. The number of aryl methyl sites for hydroxylation is 2. The smallest absolute Gasteiger partial charge is 0.256 e. The van der Waals surface area contributed by atoms with Crippen molar-refractivity contribution in [3.63, 3.8) is 0 Å². The lowest BCUT2D eigenvalue weighted by Crippen LogP contribution is -2.39. The van der Waals surface area contributed by atoms with Gasteiger partial charge in [0.2, 0.25) is 0 Å². The highest BCUT2D eigenvalue weighted by molar-refractivity contribution is 8.04. The quantitative estimate of drug-likeness (QED) is 0.351. The molecule has 4 aromatic rings. The number of aromatic nitrogens is 5. The molecule has 1 aromatic carbocycles. The van der Waals surface area contributed by atoms with Crippen LogP contribution in [0, 0.1) is 12.3 Å². The first-order valence-corrected chi connectivity index (χ1v) is 12.9. The molecule has 10 heteroatoms. The number of primary amides is 1. The Balaban J connectivity index is 1.53. The molecule has 0 bridgehead atoms. The standard InChI is InChI=1S/C27H31N7O2S/c1-15-8-16(23-19-9-20(17-10-31-33(5)11-17)32-25(19)30-14-29-23)6-7-18(15)21(13-35)34-12-22(24(28)36)37-26(34)27(2,3)4/h6-12,14,21,26,35H,13H2,1-5H3,(H2,28,36)(H,29,30,32). The largest absolute Gasteiger partial charge is 0.394 e. The lowest BCUT2D eigenvalue weighted by atomic mass is 9.92. The van der Waals surface area contributed by atoms with Crippen molar-refractivity contribution in [1.82, 2.24) is 29.6 Å². The number of hydrogen-bond acceptors (Lipinski definition) is 7. The van der Waals surface area contributed by atoms with Crippen LogP contribution in [0.15, 0.2) is 54.1 Å². The van der Waals surface area contributed by atoms with Gasteiger partial charge < -0.3 is 20.7 Å². The molecular formula is C27H31N7O2S. The van der Waals surface area contributed by atoms with Crippen molar-refractivity contribution >= 4 is 28.7 Å². The van der Waals surface area contributed by atoms with E-state index in [2.05, 4.69) is 51.8 Å². The lowest BCUT2D eigenvalue weighted by Gasteiger charge is -2.40. The van der Waals surface area contributed by atoms with Crippen LogP contribution in [0.2, 0.25) is 0 Å². The highest BCUT2D eigenvalue weighted by Crippen LogP contribution is 2.46. The number of aliphatic hydroxyl groups is 1. The maximum atomic E-state index is 12.0. The first-order valence-electron chi connectivity index (χ1n) is 12.1. The van der Waals surface area contributed by atoms with Crippen LogP contribution in [-0.4, -0.2) is 52.6 Å².